The lowest BCUT2D eigenvalue weighted by Crippen LogP contribution is -2.21. The fourth-order valence-electron chi connectivity index (χ4n) is 1.62. The maximum atomic E-state index is 11.9. The second kappa shape index (κ2) is 4.59. The summed E-state index contributed by atoms with van der Waals surface area (Å²) in [6, 6.07) is 9.47. The molecule has 1 heterocycles. The van der Waals surface area contributed by atoms with Crippen LogP contribution in [0.5, 0.6) is 0 Å². The zero-order valence-corrected chi connectivity index (χ0v) is 10.6. The van der Waals surface area contributed by atoms with E-state index >= 15 is 0 Å². The summed E-state index contributed by atoms with van der Waals surface area (Å²) in [5, 5.41) is 2.01. The van der Waals surface area contributed by atoms with Gasteiger partial charge in [-0.2, -0.15) is 0 Å². The molecule has 1 amide bonds. The Bertz CT molecular complexity index is 532. The number of thiophene rings is 1. The van der Waals surface area contributed by atoms with Crippen molar-refractivity contribution >= 4 is 22.9 Å². The highest BCUT2D eigenvalue weighted by molar-refractivity contribution is 7.13. The zero-order valence-electron chi connectivity index (χ0n) is 9.81. The molecule has 3 nitrogen and oxygen atoms in total. The van der Waals surface area contributed by atoms with E-state index in [2.05, 4.69) is 0 Å². The van der Waals surface area contributed by atoms with Crippen molar-refractivity contribution in [3.63, 3.8) is 0 Å². The van der Waals surface area contributed by atoms with Crippen LogP contribution in [-0.2, 0) is 0 Å². The number of hydrogen-bond donors (Lipinski definition) is 1. The number of nitrogens with zero attached hydrogens (tertiary/aromatic N) is 1. The third kappa shape index (κ3) is 2.47. The van der Waals surface area contributed by atoms with Crippen LogP contribution in [0.2, 0.25) is 0 Å². The summed E-state index contributed by atoms with van der Waals surface area (Å²) in [5.74, 6) is -0.0323. The van der Waals surface area contributed by atoms with Crippen LogP contribution in [0.25, 0.3) is 10.4 Å². The molecule has 88 valence electrons. The van der Waals surface area contributed by atoms with Crippen LogP contribution in [0.3, 0.4) is 0 Å². The van der Waals surface area contributed by atoms with Gasteiger partial charge < -0.3 is 10.6 Å². The summed E-state index contributed by atoms with van der Waals surface area (Å²) in [5.41, 5.74) is 8.06. The standard InChI is InChI=1S/C13H14N2OS/c1-15(2)13(16)10-6-9(7-11(14)8-10)12-4-3-5-17-12/h3-8H,14H2,1-2H3. The molecule has 0 aliphatic rings. The Morgan fingerprint density at radius 1 is 1.29 bits per heavy atom. The Morgan fingerprint density at radius 3 is 2.65 bits per heavy atom. The molecule has 17 heavy (non-hydrogen) atoms. The number of anilines is 1. The molecule has 0 saturated heterocycles. The van der Waals surface area contributed by atoms with E-state index in [-0.39, 0.29) is 5.91 Å². The maximum Gasteiger partial charge on any atom is 0.253 e. The average Bonchev–Trinajstić information content (AvgIpc) is 2.80. The Morgan fingerprint density at radius 2 is 2.06 bits per heavy atom. The number of benzene rings is 1. The molecule has 2 N–H and O–H groups in total. The normalized spacial score (nSPS) is 10.2. The van der Waals surface area contributed by atoms with E-state index in [9.17, 15) is 4.79 Å². The van der Waals surface area contributed by atoms with E-state index in [1.165, 1.54) is 0 Å². The topological polar surface area (TPSA) is 46.3 Å². The molecule has 0 fully saturated rings. The van der Waals surface area contributed by atoms with Gasteiger partial charge in [-0.1, -0.05) is 6.07 Å². The van der Waals surface area contributed by atoms with Crippen molar-refractivity contribution in [1.29, 1.82) is 0 Å². The van der Waals surface area contributed by atoms with Crippen molar-refractivity contribution in [2.24, 2.45) is 0 Å². The summed E-state index contributed by atoms with van der Waals surface area (Å²) < 4.78 is 0. The quantitative estimate of drug-likeness (QED) is 0.828. The number of rotatable bonds is 2. The van der Waals surface area contributed by atoms with Gasteiger partial charge in [0, 0.05) is 30.2 Å². The van der Waals surface area contributed by atoms with Crippen molar-refractivity contribution in [2.75, 3.05) is 19.8 Å². The van der Waals surface area contributed by atoms with Crippen molar-refractivity contribution in [3.8, 4) is 10.4 Å². The first kappa shape index (κ1) is 11.7. The monoisotopic (exact) mass is 246 g/mol. The van der Waals surface area contributed by atoms with Gasteiger partial charge in [-0.15, -0.1) is 11.3 Å². The van der Waals surface area contributed by atoms with Crippen LogP contribution < -0.4 is 5.73 Å². The van der Waals surface area contributed by atoms with Crippen LogP contribution in [-0.4, -0.2) is 24.9 Å². The Labute approximate surface area is 104 Å². The summed E-state index contributed by atoms with van der Waals surface area (Å²) in [6.07, 6.45) is 0. The Kier molecular flexibility index (Phi) is 3.15. The highest BCUT2D eigenvalue weighted by Gasteiger charge is 2.10. The SMILES string of the molecule is CN(C)C(=O)c1cc(N)cc(-c2cccs2)c1. The van der Waals surface area contributed by atoms with Crippen LogP contribution >= 0.6 is 11.3 Å². The van der Waals surface area contributed by atoms with Crippen molar-refractivity contribution < 1.29 is 4.79 Å². The fourth-order valence-corrected chi connectivity index (χ4v) is 2.33. The molecular weight excluding hydrogens is 232 g/mol. The van der Waals surface area contributed by atoms with Gasteiger partial charge in [0.05, 0.1) is 0 Å². The molecule has 2 aromatic rings. The molecular formula is C13H14N2OS. The minimum absolute atomic E-state index is 0.0323. The summed E-state index contributed by atoms with van der Waals surface area (Å²) in [6.45, 7) is 0. The molecule has 0 unspecified atom stereocenters. The third-order valence-electron chi connectivity index (χ3n) is 2.41. The van der Waals surface area contributed by atoms with Crippen molar-refractivity contribution in [3.05, 3.63) is 41.3 Å². The van der Waals surface area contributed by atoms with E-state index in [0.717, 1.165) is 10.4 Å². The predicted molar refractivity (Wildman–Crippen MR) is 72.2 cm³/mol. The molecule has 4 heteroatoms. The highest BCUT2D eigenvalue weighted by atomic mass is 32.1. The lowest BCUT2D eigenvalue weighted by molar-refractivity contribution is 0.0827. The number of carbonyl (C=O) groups is 1. The lowest BCUT2D eigenvalue weighted by atomic mass is 10.1. The van der Waals surface area contributed by atoms with Gasteiger partial charge in [-0.25, -0.2) is 0 Å². The smallest absolute Gasteiger partial charge is 0.253 e. The zero-order chi connectivity index (χ0) is 12.4. The van der Waals surface area contributed by atoms with Gasteiger partial charge in [-0.05, 0) is 35.2 Å². The van der Waals surface area contributed by atoms with Gasteiger partial charge in [0.25, 0.3) is 5.91 Å². The largest absolute Gasteiger partial charge is 0.399 e. The van der Waals surface area contributed by atoms with Gasteiger partial charge in [0.1, 0.15) is 0 Å². The number of hydrogen-bond acceptors (Lipinski definition) is 3. The Balaban J connectivity index is 2.47. The first-order valence-electron chi connectivity index (χ1n) is 5.24. The molecule has 0 aliphatic carbocycles. The predicted octanol–water partition coefficient (Wildman–Crippen LogP) is 2.70. The molecule has 1 aromatic heterocycles. The first-order chi connectivity index (χ1) is 8.08. The van der Waals surface area contributed by atoms with Crippen molar-refractivity contribution in [2.45, 2.75) is 0 Å². The molecule has 0 atom stereocenters. The molecule has 0 spiro atoms. The summed E-state index contributed by atoms with van der Waals surface area (Å²) in [4.78, 5) is 14.6. The molecule has 2 rings (SSSR count). The second-order valence-corrected chi connectivity index (χ2v) is 4.97. The minimum atomic E-state index is -0.0323. The van der Waals surface area contributed by atoms with E-state index in [4.69, 9.17) is 5.73 Å². The van der Waals surface area contributed by atoms with E-state index in [0.29, 0.717) is 11.3 Å². The van der Waals surface area contributed by atoms with Crippen LogP contribution in [0.4, 0.5) is 5.69 Å². The summed E-state index contributed by atoms with van der Waals surface area (Å²) in [7, 11) is 3.46. The van der Waals surface area contributed by atoms with Crippen LogP contribution in [0.15, 0.2) is 35.7 Å². The number of carbonyl (C=O) groups excluding carboxylic acids is 1. The number of nitrogens with two attached hydrogens (primary N) is 1. The summed E-state index contributed by atoms with van der Waals surface area (Å²) >= 11 is 1.63. The van der Waals surface area contributed by atoms with E-state index in [1.54, 1.807) is 36.4 Å². The van der Waals surface area contributed by atoms with Gasteiger partial charge in [0.15, 0.2) is 0 Å². The third-order valence-corrected chi connectivity index (χ3v) is 3.33. The first-order valence-corrected chi connectivity index (χ1v) is 6.12. The fraction of sp³-hybridized carbons (Fsp3) is 0.154. The molecule has 0 saturated carbocycles. The molecule has 0 bridgehead atoms. The second-order valence-electron chi connectivity index (χ2n) is 4.02. The van der Waals surface area contributed by atoms with Gasteiger partial charge in [0.2, 0.25) is 0 Å². The van der Waals surface area contributed by atoms with E-state index < -0.39 is 0 Å². The minimum Gasteiger partial charge on any atom is -0.399 e. The number of nitrogen functional groups attached to an aromatic ring is 1. The van der Waals surface area contributed by atoms with Crippen molar-refractivity contribution in [1.82, 2.24) is 4.90 Å². The molecule has 1 aromatic carbocycles. The Hall–Kier alpha value is -1.81. The van der Waals surface area contributed by atoms with Crippen LogP contribution in [0.1, 0.15) is 10.4 Å². The molecule has 0 radical (unpaired) electrons. The van der Waals surface area contributed by atoms with Gasteiger partial charge >= 0.3 is 0 Å². The lowest BCUT2D eigenvalue weighted by Gasteiger charge is -2.11. The average molecular weight is 246 g/mol. The van der Waals surface area contributed by atoms with E-state index in [1.807, 2.05) is 29.6 Å². The highest BCUT2D eigenvalue weighted by Crippen LogP contribution is 2.27. The van der Waals surface area contributed by atoms with Gasteiger partial charge in [-0.3, -0.25) is 4.79 Å². The van der Waals surface area contributed by atoms with Crippen LogP contribution in [0, 0.1) is 0 Å². The maximum absolute atomic E-state index is 11.9. The number of amides is 1. The molecule has 0 aliphatic heterocycles.